The number of hydrogen-bond donors (Lipinski definition) is 0. The molecule has 0 atom stereocenters. The minimum Gasteiger partial charge on any atom is -0.381 e. The van der Waals surface area contributed by atoms with Gasteiger partial charge >= 0.3 is 0 Å². The summed E-state index contributed by atoms with van der Waals surface area (Å²) in [5.74, 6) is 0. The van der Waals surface area contributed by atoms with Gasteiger partial charge in [-0.15, -0.1) is 0 Å². The highest BCUT2D eigenvalue weighted by Crippen LogP contribution is 2.36. The van der Waals surface area contributed by atoms with Crippen LogP contribution < -0.4 is 0 Å². The average molecular weight is 497 g/mol. The van der Waals surface area contributed by atoms with E-state index in [1.807, 2.05) is 0 Å². The molecule has 0 aromatic heterocycles. The number of likely N-dealkylation sites (tertiary alicyclic amines) is 2. The van der Waals surface area contributed by atoms with Crippen LogP contribution in [0.15, 0.2) is 0 Å². The lowest BCUT2D eigenvalue weighted by atomic mass is 9.80. The van der Waals surface area contributed by atoms with Crippen molar-refractivity contribution in [2.24, 2.45) is 5.41 Å². The molecule has 0 N–H and O–H groups in total. The first-order valence-corrected chi connectivity index (χ1v) is 15.8. The van der Waals surface area contributed by atoms with Gasteiger partial charge in [-0.2, -0.15) is 0 Å². The number of hydrogen-bond acceptors (Lipinski definition) is 2. The Bertz CT molecular complexity index is 466. The predicted octanol–water partition coefficient (Wildman–Crippen LogP) is 7.21. The summed E-state index contributed by atoms with van der Waals surface area (Å²) in [6, 6.07) is 0. The molecular formula is C31H64N2O2+2. The summed E-state index contributed by atoms with van der Waals surface area (Å²) < 4.78 is 15.0. The van der Waals surface area contributed by atoms with Gasteiger partial charge in [-0.05, 0) is 25.7 Å². The van der Waals surface area contributed by atoms with E-state index in [0.29, 0.717) is 5.41 Å². The Kier molecular flexibility index (Phi) is 15.4. The lowest BCUT2D eigenvalue weighted by Crippen LogP contribution is -2.58. The summed E-state index contributed by atoms with van der Waals surface area (Å²) >= 11 is 0. The second-order valence-electron chi connectivity index (χ2n) is 13.0. The van der Waals surface area contributed by atoms with Crippen molar-refractivity contribution < 1.29 is 18.4 Å². The first-order chi connectivity index (χ1) is 16.9. The summed E-state index contributed by atoms with van der Waals surface area (Å²) in [6.45, 7) is 16.5. The fourth-order valence-electron chi connectivity index (χ4n) is 7.01. The van der Waals surface area contributed by atoms with Gasteiger partial charge in [0.1, 0.15) is 0 Å². The molecule has 2 fully saturated rings. The van der Waals surface area contributed by atoms with Gasteiger partial charge in [0.05, 0.1) is 65.4 Å². The molecule has 0 unspecified atom stereocenters. The minimum atomic E-state index is 0.323. The van der Waals surface area contributed by atoms with Gasteiger partial charge in [-0.3, -0.25) is 0 Å². The van der Waals surface area contributed by atoms with E-state index in [-0.39, 0.29) is 0 Å². The Morgan fingerprint density at radius 1 is 0.543 bits per heavy atom. The third-order valence-corrected chi connectivity index (χ3v) is 8.91. The molecule has 0 spiro atoms. The number of ether oxygens (including phenoxy) is 2. The van der Waals surface area contributed by atoms with E-state index >= 15 is 0 Å². The second-order valence-corrected chi connectivity index (χ2v) is 13.0. The van der Waals surface area contributed by atoms with Crippen LogP contribution in [0.1, 0.15) is 117 Å². The Morgan fingerprint density at radius 2 is 1.00 bits per heavy atom. The maximum Gasteiger partial charge on any atom is 0.0919 e. The fourth-order valence-corrected chi connectivity index (χ4v) is 7.01. The topological polar surface area (TPSA) is 18.5 Å². The van der Waals surface area contributed by atoms with E-state index < -0.39 is 0 Å². The molecule has 0 amide bonds. The molecule has 2 rings (SSSR count). The van der Waals surface area contributed by atoms with Crippen LogP contribution >= 0.6 is 0 Å². The van der Waals surface area contributed by atoms with Gasteiger partial charge in [0.2, 0.25) is 0 Å². The maximum absolute atomic E-state index is 6.59. The largest absolute Gasteiger partial charge is 0.381 e. The maximum atomic E-state index is 6.59. The standard InChI is InChI=1S/C31H64N2O2/c1-5-7-9-10-11-18-27-35-30-31(28-32(3)21-14-15-22-32,29-33(4)23-16-17-24-33)20-13-12-19-26-34-25-8-6-2/h5-30H2,1-4H3/q+2. The lowest BCUT2D eigenvalue weighted by molar-refractivity contribution is -0.928. The van der Waals surface area contributed by atoms with E-state index in [1.165, 1.54) is 151 Å². The molecule has 4 nitrogen and oxygen atoms in total. The molecule has 0 aliphatic carbocycles. The van der Waals surface area contributed by atoms with Gasteiger partial charge in [-0.25, -0.2) is 0 Å². The number of quaternary nitrogens is 2. The summed E-state index contributed by atoms with van der Waals surface area (Å²) in [4.78, 5) is 0. The Hall–Kier alpha value is -0.160. The van der Waals surface area contributed by atoms with E-state index in [4.69, 9.17) is 9.47 Å². The average Bonchev–Trinajstić information content (AvgIpc) is 3.45. The van der Waals surface area contributed by atoms with Crippen LogP contribution in [0.2, 0.25) is 0 Å². The van der Waals surface area contributed by atoms with E-state index in [9.17, 15) is 0 Å². The zero-order valence-electron chi connectivity index (χ0n) is 24.6. The van der Waals surface area contributed by atoms with Crippen molar-refractivity contribution in [1.82, 2.24) is 0 Å². The summed E-state index contributed by atoms with van der Waals surface area (Å²) in [5.41, 5.74) is 0.323. The summed E-state index contributed by atoms with van der Waals surface area (Å²) in [6.07, 6.45) is 21.3. The van der Waals surface area contributed by atoms with Crippen molar-refractivity contribution in [2.75, 3.05) is 79.8 Å². The zero-order chi connectivity index (χ0) is 25.3. The molecule has 4 heteroatoms. The molecule has 0 radical (unpaired) electrons. The number of rotatable bonds is 22. The van der Waals surface area contributed by atoms with Crippen LogP contribution in [-0.4, -0.2) is 88.8 Å². The van der Waals surface area contributed by atoms with E-state index in [2.05, 4.69) is 27.9 Å². The van der Waals surface area contributed by atoms with Crippen LogP contribution in [0.4, 0.5) is 0 Å². The number of unbranched alkanes of at least 4 members (excludes halogenated alkanes) is 8. The van der Waals surface area contributed by atoms with Crippen LogP contribution in [0.5, 0.6) is 0 Å². The Labute approximate surface area is 220 Å². The van der Waals surface area contributed by atoms with E-state index in [0.717, 1.165) is 26.4 Å². The molecule has 35 heavy (non-hydrogen) atoms. The number of nitrogens with zero attached hydrogens (tertiary/aromatic N) is 2. The Morgan fingerprint density at radius 3 is 1.57 bits per heavy atom. The fraction of sp³-hybridized carbons (Fsp3) is 1.00. The summed E-state index contributed by atoms with van der Waals surface area (Å²) in [5, 5.41) is 0. The van der Waals surface area contributed by atoms with Crippen molar-refractivity contribution in [3.63, 3.8) is 0 Å². The molecule has 2 aliphatic heterocycles. The van der Waals surface area contributed by atoms with Gasteiger partial charge in [-0.1, -0.05) is 65.2 Å². The van der Waals surface area contributed by atoms with Gasteiger partial charge in [0.15, 0.2) is 0 Å². The molecule has 208 valence electrons. The molecule has 0 bridgehead atoms. The van der Waals surface area contributed by atoms with Crippen LogP contribution in [0, 0.1) is 5.41 Å². The van der Waals surface area contributed by atoms with Crippen molar-refractivity contribution in [1.29, 1.82) is 0 Å². The van der Waals surface area contributed by atoms with Crippen LogP contribution in [-0.2, 0) is 9.47 Å². The lowest BCUT2D eigenvalue weighted by Gasteiger charge is -2.45. The monoisotopic (exact) mass is 496 g/mol. The quantitative estimate of drug-likeness (QED) is 0.116. The highest BCUT2D eigenvalue weighted by Gasteiger charge is 2.46. The first kappa shape index (κ1) is 31.1. The second kappa shape index (κ2) is 17.4. The molecule has 2 heterocycles. The molecule has 0 aromatic carbocycles. The molecule has 0 aromatic rings. The highest BCUT2D eigenvalue weighted by molar-refractivity contribution is 4.82. The van der Waals surface area contributed by atoms with Crippen molar-refractivity contribution in [3.05, 3.63) is 0 Å². The van der Waals surface area contributed by atoms with Crippen molar-refractivity contribution in [2.45, 2.75) is 117 Å². The molecule has 0 saturated carbocycles. The third kappa shape index (κ3) is 12.8. The van der Waals surface area contributed by atoms with Crippen LogP contribution in [0.25, 0.3) is 0 Å². The van der Waals surface area contributed by atoms with E-state index in [1.54, 1.807) is 0 Å². The van der Waals surface area contributed by atoms with Gasteiger partial charge in [0.25, 0.3) is 0 Å². The zero-order valence-corrected chi connectivity index (χ0v) is 24.6. The SMILES string of the molecule is CCCCCCCCOCC(CCCCCOCCCC)(C[N+]1(C)CCCC1)C[N+]1(C)CCCC1. The molecule has 2 aliphatic rings. The Balaban J connectivity index is 1.94. The predicted molar refractivity (Wildman–Crippen MR) is 151 cm³/mol. The van der Waals surface area contributed by atoms with Gasteiger partial charge in [0, 0.05) is 45.5 Å². The van der Waals surface area contributed by atoms with Crippen molar-refractivity contribution >= 4 is 0 Å². The smallest absolute Gasteiger partial charge is 0.0919 e. The first-order valence-electron chi connectivity index (χ1n) is 15.8. The van der Waals surface area contributed by atoms with Gasteiger partial charge < -0.3 is 18.4 Å². The minimum absolute atomic E-state index is 0.323. The summed E-state index contributed by atoms with van der Waals surface area (Å²) in [7, 11) is 5.09. The van der Waals surface area contributed by atoms with Crippen molar-refractivity contribution in [3.8, 4) is 0 Å². The van der Waals surface area contributed by atoms with Crippen LogP contribution in [0.3, 0.4) is 0 Å². The molecule has 2 saturated heterocycles. The normalized spacial score (nSPS) is 19.5. The highest BCUT2D eigenvalue weighted by atomic mass is 16.5. The third-order valence-electron chi connectivity index (χ3n) is 8.91. The molecular weight excluding hydrogens is 432 g/mol.